The lowest BCUT2D eigenvalue weighted by Crippen LogP contribution is -2.29. The molecular weight excluding hydrogens is 297 g/mol. The van der Waals surface area contributed by atoms with Crippen LogP contribution < -0.4 is 5.32 Å². The lowest BCUT2D eigenvalue weighted by molar-refractivity contribution is -0.167. The van der Waals surface area contributed by atoms with Gasteiger partial charge in [-0.3, -0.25) is 9.59 Å². The van der Waals surface area contributed by atoms with Gasteiger partial charge in [0.15, 0.2) is 0 Å². The van der Waals surface area contributed by atoms with Crippen LogP contribution in [0.2, 0.25) is 0 Å². The molecule has 1 aromatic carbocycles. The summed E-state index contributed by atoms with van der Waals surface area (Å²) in [6, 6.07) is 5.74. The number of carbonyl (C=O) groups is 2. The van der Waals surface area contributed by atoms with E-state index >= 15 is 0 Å². The van der Waals surface area contributed by atoms with E-state index in [9.17, 15) is 22.8 Å². The molecule has 0 aliphatic carbocycles. The van der Waals surface area contributed by atoms with Crippen molar-refractivity contribution in [3.63, 3.8) is 0 Å². The molecule has 7 heteroatoms. The first-order valence-electron chi connectivity index (χ1n) is 6.59. The van der Waals surface area contributed by atoms with Crippen molar-refractivity contribution in [2.75, 3.05) is 5.32 Å². The number of hydrogen-bond acceptors (Lipinski definition) is 3. The number of nitriles is 1. The Morgan fingerprint density at radius 2 is 1.95 bits per heavy atom. The molecule has 0 fully saturated rings. The molecule has 0 saturated carbocycles. The summed E-state index contributed by atoms with van der Waals surface area (Å²) in [6.45, 7) is 3.49. The largest absolute Gasteiger partial charge is 0.471 e. The number of Topliss-reactive ketones (excluding diaryl/α,β-unsaturated/α-hetero) is 1. The van der Waals surface area contributed by atoms with Crippen LogP contribution in [0.25, 0.3) is 0 Å². The summed E-state index contributed by atoms with van der Waals surface area (Å²) >= 11 is 0. The molecule has 0 bridgehead atoms. The fourth-order valence-corrected chi connectivity index (χ4v) is 1.74. The number of aryl methyl sites for hydroxylation is 1. The smallest absolute Gasteiger partial charge is 0.318 e. The number of hydrogen-bond donors (Lipinski definition) is 1. The Bertz CT molecular complexity index is 616. The molecule has 1 amide bonds. The van der Waals surface area contributed by atoms with Crippen molar-refractivity contribution in [2.45, 2.75) is 32.9 Å². The summed E-state index contributed by atoms with van der Waals surface area (Å²) in [4.78, 5) is 22.5. The minimum absolute atomic E-state index is 0.00591. The SMILES string of the molecule is CC(C)C(=O)CCc1cc(NC(=O)C(F)(F)F)ccc1C#N. The maximum Gasteiger partial charge on any atom is 0.471 e. The van der Waals surface area contributed by atoms with Gasteiger partial charge in [0.25, 0.3) is 0 Å². The highest BCUT2D eigenvalue weighted by molar-refractivity contribution is 5.95. The van der Waals surface area contributed by atoms with Crippen LogP contribution in [-0.4, -0.2) is 17.9 Å². The van der Waals surface area contributed by atoms with E-state index in [0.29, 0.717) is 5.56 Å². The zero-order chi connectivity index (χ0) is 16.9. The third-order valence-corrected chi connectivity index (χ3v) is 3.03. The van der Waals surface area contributed by atoms with Crippen molar-refractivity contribution in [1.82, 2.24) is 0 Å². The number of amides is 1. The summed E-state index contributed by atoms with van der Waals surface area (Å²) < 4.78 is 36.6. The standard InChI is InChI=1S/C15H15F3N2O2/c1-9(2)13(21)6-4-10-7-12(5-3-11(10)8-19)20-14(22)15(16,17)18/h3,5,7,9H,4,6H2,1-2H3,(H,20,22). The van der Waals surface area contributed by atoms with Gasteiger partial charge in [-0.05, 0) is 30.2 Å². The number of ketones is 1. The van der Waals surface area contributed by atoms with Crippen molar-refractivity contribution < 1.29 is 22.8 Å². The average molecular weight is 312 g/mol. The van der Waals surface area contributed by atoms with Gasteiger partial charge in [-0.25, -0.2) is 0 Å². The Kier molecular flexibility index (Phi) is 5.69. The molecule has 4 nitrogen and oxygen atoms in total. The summed E-state index contributed by atoms with van der Waals surface area (Å²) in [7, 11) is 0. The summed E-state index contributed by atoms with van der Waals surface area (Å²) in [5, 5.41) is 10.7. The molecule has 0 saturated heterocycles. The monoisotopic (exact) mass is 312 g/mol. The molecule has 1 aromatic rings. The first-order valence-corrected chi connectivity index (χ1v) is 6.59. The van der Waals surface area contributed by atoms with E-state index in [2.05, 4.69) is 0 Å². The molecule has 118 valence electrons. The van der Waals surface area contributed by atoms with E-state index in [4.69, 9.17) is 5.26 Å². The van der Waals surface area contributed by atoms with Crippen LogP contribution in [0.1, 0.15) is 31.4 Å². The highest BCUT2D eigenvalue weighted by Gasteiger charge is 2.38. The van der Waals surface area contributed by atoms with Gasteiger partial charge >= 0.3 is 12.1 Å². The molecule has 1 N–H and O–H groups in total. The molecule has 0 unspecified atom stereocenters. The van der Waals surface area contributed by atoms with Gasteiger partial charge in [0.1, 0.15) is 5.78 Å². The van der Waals surface area contributed by atoms with Crippen molar-refractivity contribution >= 4 is 17.4 Å². The molecule has 0 aromatic heterocycles. The van der Waals surface area contributed by atoms with Gasteiger partial charge < -0.3 is 5.32 Å². The highest BCUT2D eigenvalue weighted by atomic mass is 19.4. The summed E-state index contributed by atoms with van der Waals surface area (Å²) in [6.07, 6.45) is -4.57. The first kappa shape index (κ1) is 17.7. The van der Waals surface area contributed by atoms with E-state index in [1.807, 2.05) is 6.07 Å². The Hall–Kier alpha value is -2.36. The van der Waals surface area contributed by atoms with E-state index in [0.717, 1.165) is 0 Å². The third kappa shape index (κ3) is 4.88. The van der Waals surface area contributed by atoms with E-state index in [1.165, 1.54) is 18.2 Å². The predicted molar refractivity (Wildman–Crippen MR) is 74.0 cm³/mol. The van der Waals surface area contributed by atoms with Gasteiger partial charge in [-0.2, -0.15) is 18.4 Å². The van der Waals surface area contributed by atoms with Gasteiger partial charge in [-0.1, -0.05) is 13.8 Å². The number of benzene rings is 1. The fraction of sp³-hybridized carbons (Fsp3) is 0.400. The molecule has 0 spiro atoms. The first-order chi connectivity index (χ1) is 10.1. The number of anilines is 1. The average Bonchev–Trinajstić information content (AvgIpc) is 2.43. The Balaban J connectivity index is 2.92. The van der Waals surface area contributed by atoms with Gasteiger partial charge in [0.2, 0.25) is 0 Å². The zero-order valence-electron chi connectivity index (χ0n) is 12.1. The van der Waals surface area contributed by atoms with Crippen molar-refractivity contribution in [3.8, 4) is 6.07 Å². The molecule has 0 heterocycles. The topological polar surface area (TPSA) is 70.0 Å². The number of halogens is 3. The number of carbonyl (C=O) groups excluding carboxylic acids is 2. The van der Waals surface area contributed by atoms with Crippen LogP contribution in [0.5, 0.6) is 0 Å². The predicted octanol–water partition coefficient (Wildman–Crippen LogP) is 3.22. The second-order valence-corrected chi connectivity index (χ2v) is 5.06. The van der Waals surface area contributed by atoms with Crippen LogP contribution in [0.3, 0.4) is 0 Å². The van der Waals surface area contributed by atoms with Crippen LogP contribution >= 0.6 is 0 Å². The van der Waals surface area contributed by atoms with Crippen molar-refractivity contribution in [1.29, 1.82) is 5.26 Å². The van der Waals surface area contributed by atoms with Gasteiger partial charge in [-0.15, -0.1) is 0 Å². The molecular formula is C15H15F3N2O2. The van der Waals surface area contributed by atoms with Crippen LogP contribution in [0, 0.1) is 17.2 Å². The molecule has 22 heavy (non-hydrogen) atoms. The fourth-order valence-electron chi connectivity index (χ4n) is 1.74. The maximum absolute atomic E-state index is 12.2. The van der Waals surface area contributed by atoms with Crippen LogP contribution in [0.15, 0.2) is 18.2 Å². The van der Waals surface area contributed by atoms with E-state index in [-0.39, 0.29) is 35.8 Å². The molecule has 0 radical (unpaired) electrons. The normalized spacial score (nSPS) is 11.1. The number of nitrogens with one attached hydrogen (secondary N) is 1. The maximum atomic E-state index is 12.2. The van der Waals surface area contributed by atoms with Gasteiger partial charge in [0, 0.05) is 18.0 Å². The number of nitrogens with zero attached hydrogens (tertiary/aromatic N) is 1. The number of rotatable bonds is 5. The molecule has 0 aliphatic heterocycles. The highest BCUT2D eigenvalue weighted by Crippen LogP contribution is 2.21. The quantitative estimate of drug-likeness (QED) is 0.907. The van der Waals surface area contributed by atoms with Gasteiger partial charge in [0.05, 0.1) is 11.6 Å². The Morgan fingerprint density at radius 1 is 1.32 bits per heavy atom. The summed E-state index contributed by atoms with van der Waals surface area (Å²) in [5.41, 5.74) is 0.631. The molecule has 1 rings (SSSR count). The van der Waals surface area contributed by atoms with Crippen LogP contribution in [0.4, 0.5) is 18.9 Å². The number of alkyl halides is 3. The minimum Gasteiger partial charge on any atom is -0.318 e. The third-order valence-electron chi connectivity index (χ3n) is 3.03. The Labute approximate surface area is 125 Å². The second-order valence-electron chi connectivity index (χ2n) is 5.06. The lowest BCUT2D eigenvalue weighted by atomic mass is 9.98. The lowest BCUT2D eigenvalue weighted by Gasteiger charge is -2.11. The molecule has 0 aliphatic rings. The Morgan fingerprint density at radius 3 is 2.45 bits per heavy atom. The molecule has 0 atom stereocenters. The zero-order valence-corrected chi connectivity index (χ0v) is 12.1. The van der Waals surface area contributed by atoms with E-state index < -0.39 is 12.1 Å². The second kappa shape index (κ2) is 7.07. The van der Waals surface area contributed by atoms with Crippen molar-refractivity contribution in [3.05, 3.63) is 29.3 Å². The summed E-state index contributed by atoms with van der Waals surface area (Å²) in [5.74, 6) is -2.24. The minimum atomic E-state index is -4.98. The van der Waals surface area contributed by atoms with E-state index in [1.54, 1.807) is 19.2 Å². The van der Waals surface area contributed by atoms with Crippen molar-refractivity contribution in [2.24, 2.45) is 5.92 Å². The van der Waals surface area contributed by atoms with Crippen LogP contribution in [-0.2, 0) is 16.0 Å².